The standard InChI is InChI=1S/C18H24N2S/c1-13-19-16(12-21-13)14-7-9-15(10-8-14)20-17-6-4-5-11-18(17,2)3/h7-10,12,17,20H,4-6,11H2,1-3H3. The van der Waals surface area contributed by atoms with E-state index in [1.807, 2.05) is 0 Å². The van der Waals surface area contributed by atoms with Crippen LogP contribution < -0.4 is 5.32 Å². The van der Waals surface area contributed by atoms with Crippen molar-refractivity contribution >= 4 is 17.0 Å². The number of nitrogens with one attached hydrogen (secondary N) is 1. The fourth-order valence-corrected chi connectivity index (χ4v) is 3.82. The monoisotopic (exact) mass is 300 g/mol. The molecule has 1 fully saturated rings. The largest absolute Gasteiger partial charge is 0.382 e. The van der Waals surface area contributed by atoms with E-state index in [-0.39, 0.29) is 0 Å². The van der Waals surface area contributed by atoms with Crippen LogP contribution >= 0.6 is 11.3 Å². The van der Waals surface area contributed by atoms with Crippen LogP contribution in [0.2, 0.25) is 0 Å². The van der Waals surface area contributed by atoms with E-state index in [0.717, 1.165) is 10.7 Å². The summed E-state index contributed by atoms with van der Waals surface area (Å²) in [5.41, 5.74) is 3.91. The lowest BCUT2D eigenvalue weighted by atomic mass is 9.73. The van der Waals surface area contributed by atoms with E-state index in [9.17, 15) is 0 Å². The highest BCUT2D eigenvalue weighted by molar-refractivity contribution is 7.09. The number of aryl methyl sites for hydroxylation is 1. The van der Waals surface area contributed by atoms with Crippen molar-refractivity contribution in [2.24, 2.45) is 5.41 Å². The zero-order valence-corrected chi connectivity index (χ0v) is 14.0. The molecule has 1 aliphatic carbocycles. The third-order valence-corrected chi connectivity index (χ3v) is 5.42. The van der Waals surface area contributed by atoms with Gasteiger partial charge in [-0.25, -0.2) is 4.98 Å². The first kappa shape index (κ1) is 14.6. The Kier molecular flexibility index (Phi) is 4.03. The van der Waals surface area contributed by atoms with Crippen LogP contribution in [0.15, 0.2) is 29.6 Å². The Bertz CT molecular complexity index is 598. The molecule has 2 aromatic rings. The molecule has 0 saturated heterocycles. The Morgan fingerprint density at radius 3 is 2.57 bits per heavy atom. The molecule has 0 aliphatic heterocycles. The second kappa shape index (κ2) is 5.80. The normalized spacial score (nSPS) is 21.2. The van der Waals surface area contributed by atoms with Gasteiger partial charge in [-0.15, -0.1) is 11.3 Å². The van der Waals surface area contributed by atoms with Gasteiger partial charge in [0.15, 0.2) is 0 Å². The van der Waals surface area contributed by atoms with Gasteiger partial charge in [0.1, 0.15) is 0 Å². The second-order valence-corrected chi connectivity index (χ2v) is 7.82. The van der Waals surface area contributed by atoms with E-state index in [1.165, 1.54) is 36.9 Å². The fourth-order valence-electron chi connectivity index (χ4n) is 3.20. The van der Waals surface area contributed by atoms with E-state index in [2.05, 4.69) is 60.7 Å². The summed E-state index contributed by atoms with van der Waals surface area (Å²) in [5, 5.41) is 6.99. The summed E-state index contributed by atoms with van der Waals surface area (Å²) in [6, 6.07) is 9.31. The van der Waals surface area contributed by atoms with Gasteiger partial charge in [0.2, 0.25) is 0 Å². The highest BCUT2D eigenvalue weighted by Crippen LogP contribution is 2.37. The van der Waals surface area contributed by atoms with Gasteiger partial charge in [-0.2, -0.15) is 0 Å². The first-order valence-electron chi connectivity index (χ1n) is 7.84. The summed E-state index contributed by atoms with van der Waals surface area (Å²) in [6.07, 6.45) is 5.31. The molecule has 2 nitrogen and oxygen atoms in total. The average molecular weight is 300 g/mol. The van der Waals surface area contributed by atoms with Crippen LogP contribution in [-0.4, -0.2) is 11.0 Å². The van der Waals surface area contributed by atoms with Gasteiger partial charge in [0, 0.05) is 22.7 Å². The van der Waals surface area contributed by atoms with Gasteiger partial charge in [-0.3, -0.25) is 0 Å². The minimum atomic E-state index is 0.392. The summed E-state index contributed by atoms with van der Waals surface area (Å²) in [6.45, 7) is 6.82. The molecule has 1 heterocycles. The number of hydrogen-bond acceptors (Lipinski definition) is 3. The van der Waals surface area contributed by atoms with Crippen molar-refractivity contribution in [2.45, 2.75) is 52.5 Å². The summed E-state index contributed by atoms with van der Waals surface area (Å²) in [5.74, 6) is 0. The minimum absolute atomic E-state index is 0.392. The Balaban J connectivity index is 1.72. The van der Waals surface area contributed by atoms with Crippen molar-refractivity contribution in [3.8, 4) is 11.3 Å². The predicted molar refractivity (Wildman–Crippen MR) is 91.9 cm³/mol. The molecule has 1 aliphatic rings. The van der Waals surface area contributed by atoms with Crippen LogP contribution in [-0.2, 0) is 0 Å². The van der Waals surface area contributed by atoms with Gasteiger partial charge in [-0.1, -0.05) is 38.8 Å². The molecule has 1 unspecified atom stereocenters. The molecule has 112 valence electrons. The van der Waals surface area contributed by atoms with Gasteiger partial charge >= 0.3 is 0 Å². The van der Waals surface area contributed by atoms with E-state index >= 15 is 0 Å². The summed E-state index contributed by atoms with van der Waals surface area (Å²) >= 11 is 1.70. The molecule has 1 atom stereocenters. The van der Waals surface area contributed by atoms with Gasteiger partial charge in [0.25, 0.3) is 0 Å². The number of thiazole rings is 1. The predicted octanol–water partition coefficient (Wildman–Crippen LogP) is 5.50. The van der Waals surface area contributed by atoms with Crippen molar-refractivity contribution in [2.75, 3.05) is 5.32 Å². The Morgan fingerprint density at radius 1 is 1.19 bits per heavy atom. The van der Waals surface area contributed by atoms with Crippen molar-refractivity contribution in [3.63, 3.8) is 0 Å². The lowest BCUT2D eigenvalue weighted by Crippen LogP contribution is -2.38. The quantitative estimate of drug-likeness (QED) is 0.809. The Hall–Kier alpha value is -1.35. The van der Waals surface area contributed by atoms with Gasteiger partial charge < -0.3 is 5.32 Å². The molecule has 0 spiro atoms. The van der Waals surface area contributed by atoms with Crippen LogP contribution in [0.1, 0.15) is 44.5 Å². The molecular weight excluding hydrogens is 276 g/mol. The molecule has 0 bridgehead atoms. The maximum absolute atomic E-state index is 4.55. The van der Waals surface area contributed by atoms with Crippen LogP contribution in [0.25, 0.3) is 11.3 Å². The van der Waals surface area contributed by atoms with Gasteiger partial charge in [-0.05, 0) is 37.3 Å². The smallest absolute Gasteiger partial charge is 0.0901 e. The van der Waals surface area contributed by atoms with Crippen molar-refractivity contribution in [3.05, 3.63) is 34.7 Å². The molecule has 1 aromatic carbocycles. The Morgan fingerprint density at radius 2 is 1.95 bits per heavy atom. The number of rotatable bonds is 3. The van der Waals surface area contributed by atoms with Crippen molar-refractivity contribution < 1.29 is 0 Å². The first-order valence-corrected chi connectivity index (χ1v) is 8.72. The average Bonchev–Trinajstić information content (AvgIpc) is 2.89. The minimum Gasteiger partial charge on any atom is -0.382 e. The lowest BCUT2D eigenvalue weighted by Gasteiger charge is -2.39. The molecule has 3 heteroatoms. The van der Waals surface area contributed by atoms with Crippen LogP contribution in [0.4, 0.5) is 5.69 Å². The third kappa shape index (κ3) is 3.29. The highest BCUT2D eigenvalue weighted by Gasteiger charge is 2.31. The Labute approximate surface area is 131 Å². The van der Waals surface area contributed by atoms with Crippen LogP contribution in [0.3, 0.4) is 0 Å². The number of anilines is 1. The molecule has 1 saturated carbocycles. The van der Waals surface area contributed by atoms with Crippen LogP contribution in [0.5, 0.6) is 0 Å². The first-order chi connectivity index (χ1) is 10.0. The number of aromatic nitrogens is 1. The number of hydrogen-bond donors (Lipinski definition) is 1. The van der Waals surface area contributed by atoms with E-state index in [1.54, 1.807) is 11.3 Å². The SMILES string of the molecule is Cc1nc(-c2ccc(NC3CCCCC3(C)C)cc2)cs1. The molecule has 0 amide bonds. The maximum Gasteiger partial charge on any atom is 0.0901 e. The van der Waals surface area contributed by atoms with Crippen molar-refractivity contribution in [1.82, 2.24) is 4.98 Å². The van der Waals surface area contributed by atoms with Crippen LogP contribution in [0, 0.1) is 12.3 Å². The second-order valence-electron chi connectivity index (χ2n) is 6.76. The maximum atomic E-state index is 4.55. The summed E-state index contributed by atoms with van der Waals surface area (Å²) in [4.78, 5) is 4.55. The van der Waals surface area contributed by atoms with Gasteiger partial charge in [0.05, 0.1) is 10.7 Å². The third-order valence-electron chi connectivity index (χ3n) is 4.65. The molecule has 0 radical (unpaired) electrons. The summed E-state index contributed by atoms with van der Waals surface area (Å²) < 4.78 is 0. The number of nitrogens with zero attached hydrogens (tertiary/aromatic N) is 1. The topological polar surface area (TPSA) is 24.9 Å². The fraction of sp³-hybridized carbons (Fsp3) is 0.500. The van der Waals surface area contributed by atoms with Crippen molar-refractivity contribution in [1.29, 1.82) is 0 Å². The van der Waals surface area contributed by atoms with E-state index < -0.39 is 0 Å². The zero-order chi connectivity index (χ0) is 14.9. The summed E-state index contributed by atoms with van der Waals surface area (Å²) in [7, 11) is 0. The number of benzene rings is 1. The molecule has 21 heavy (non-hydrogen) atoms. The van der Waals surface area contributed by atoms with E-state index in [0.29, 0.717) is 11.5 Å². The zero-order valence-electron chi connectivity index (χ0n) is 13.1. The lowest BCUT2D eigenvalue weighted by molar-refractivity contribution is 0.217. The van der Waals surface area contributed by atoms with E-state index in [4.69, 9.17) is 0 Å². The molecular formula is C18H24N2S. The molecule has 1 N–H and O–H groups in total. The molecule has 1 aromatic heterocycles. The molecule has 3 rings (SSSR count). The highest BCUT2D eigenvalue weighted by atomic mass is 32.1.